The summed E-state index contributed by atoms with van der Waals surface area (Å²) in [4.78, 5) is 15.0. The molecular formula is C23H20FNO. The molecule has 0 radical (unpaired) electrons. The number of para-hydroxylation sites is 1. The number of rotatable bonds is 4. The van der Waals surface area contributed by atoms with Gasteiger partial charge in [-0.15, -0.1) is 0 Å². The van der Waals surface area contributed by atoms with Crippen molar-refractivity contribution in [3.8, 4) is 0 Å². The third-order valence-corrected chi connectivity index (χ3v) is 4.98. The first-order chi connectivity index (χ1) is 12.6. The lowest BCUT2D eigenvalue weighted by Gasteiger charge is -2.18. The number of nitrogens with zero attached hydrogens (tertiary/aromatic N) is 1. The zero-order valence-electron chi connectivity index (χ0n) is 14.7. The molecule has 0 spiro atoms. The second-order valence-electron chi connectivity index (χ2n) is 6.85. The predicted molar refractivity (Wildman–Crippen MR) is 102 cm³/mol. The van der Waals surface area contributed by atoms with Crippen LogP contribution in [0.25, 0.3) is 0 Å². The third kappa shape index (κ3) is 3.13. The van der Waals surface area contributed by atoms with Gasteiger partial charge in [-0.05, 0) is 48.2 Å². The molecule has 130 valence electrons. The second-order valence-corrected chi connectivity index (χ2v) is 6.85. The van der Waals surface area contributed by atoms with Crippen LogP contribution >= 0.6 is 0 Å². The van der Waals surface area contributed by atoms with Gasteiger partial charge in [-0.2, -0.15) is 0 Å². The molecule has 0 saturated heterocycles. The van der Waals surface area contributed by atoms with Crippen molar-refractivity contribution >= 4 is 11.6 Å². The summed E-state index contributed by atoms with van der Waals surface area (Å²) in [6.45, 7) is 2.52. The highest BCUT2D eigenvalue weighted by Gasteiger charge is 2.36. The van der Waals surface area contributed by atoms with Crippen molar-refractivity contribution in [1.29, 1.82) is 0 Å². The standard InChI is InChI=1S/C23H20FNO/c1-16-6-8-17(9-7-16)14-21-20-4-2-3-5-22(20)25(23(21)26)15-18-10-12-19(24)13-11-18/h2-13,21H,14-15H2,1H3. The number of aryl methyl sites for hydroxylation is 1. The number of halogens is 1. The maximum absolute atomic E-state index is 13.2. The van der Waals surface area contributed by atoms with Crippen LogP contribution in [-0.4, -0.2) is 5.91 Å². The number of amides is 1. The van der Waals surface area contributed by atoms with Crippen LogP contribution in [0.3, 0.4) is 0 Å². The SMILES string of the molecule is Cc1ccc(CC2C(=O)N(Cc3ccc(F)cc3)c3ccccc32)cc1. The van der Waals surface area contributed by atoms with E-state index < -0.39 is 0 Å². The first-order valence-corrected chi connectivity index (χ1v) is 8.82. The maximum Gasteiger partial charge on any atom is 0.235 e. The van der Waals surface area contributed by atoms with Crippen molar-refractivity contribution in [3.63, 3.8) is 0 Å². The number of hydrogen-bond acceptors (Lipinski definition) is 1. The number of fused-ring (bicyclic) bond motifs is 1. The molecule has 1 heterocycles. The highest BCUT2D eigenvalue weighted by molar-refractivity contribution is 6.05. The Balaban J connectivity index is 1.63. The molecule has 3 aromatic carbocycles. The minimum Gasteiger partial charge on any atom is -0.307 e. The molecule has 0 fully saturated rings. The Hall–Kier alpha value is -2.94. The van der Waals surface area contributed by atoms with Crippen molar-refractivity contribution in [3.05, 3.63) is 101 Å². The van der Waals surface area contributed by atoms with E-state index in [1.807, 2.05) is 29.2 Å². The molecule has 1 aliphatic heterocycles. The van der Waals surface area contributed by atoms with Crippen LogP contribution in [0.2, 0.25) is 0 Å². The molecule has 0 saturated carbocycles. The molecule has 1 atom stereocenters. The van der Waals surface area contributed by atoms with Crippen molar-refractivity contribution in [2.45, 2.75) is 25.8 Å². The highest BCUT2D eigenvalue weighted by atomic mass is 19.1. The quantitative estimate of drug-likeness (QED) is 0.651. The fourth-order valence-corrected chi connectivity index (χ4v) is 3.56. The normalized spacial score (nSPS) is 16.0. The topological polar surface area (TPSA) is 20.3 Å². The van der Waals surface area contributed by atoms with E-state index in [1.165, 1.54) is 17.7 Å². The van der Waals surface area contributed by atoms with E-state index in [-0.39, 0.29) is 17.6 Å². The molecule has 3 heteroatoms. The first-order valence-electron chi connectivity index (χ1n) is 8.82. The molecule has 1 unspecified atom stereocenters. The van der Waals surface area contributed by atoms with Gasteiger partial charge in [0.15, 0.2) is 0 Å². The minimum absolute atomic E-state index is 0.107. The summed E-state index contributed by atoms with van der Waals surface area (Å²) < 4.78 is 13.2. The zero-order chi connectivity index (χ0) is 18.1. The van der Waals surface area contributed by atoms with Gasteiger partial charge in [-0.1, -0.05) is 60.2 Å². The van der Waals surface area contributed by atoms with Crippen LogP contribution < -0.4 is 4.90 Å². The molecule has 0 aromatic heterocycles. The van der Waals surface area contributed by atoms with E-state index in [9.17, 15) is 9.18 Å². The summed E-state index contributed by atoms with van der Waals surface area (Å²) in [5.41, 5.74) is 5.32. The lowest BCUT2D eigenvalue weighted by Crippen LogP contribution is -2.29. The van der Waals surface area contributed by atoms with Gasteiger partial charge in [0.25, 0.3) is 0 Å². The lowest BCUT2D eigenvalue weighted by molar-refractivity contribution is -0.119. The Morgan fingerprint density at radius 2 is 1.54 bits per heavy atom. The molecule has 26 heavy (non-hydrogen) atoms. The second kappa shape index (κ2) is 6.75. The molecule has 1 amide bonds. The molecule has 1 aliphatic rings. The van der Waals surface area contributed by atoms with Gasteiger partial charge in [-0.25, -0.2) is 4.39 Å². The summed E-state index contributed by atoms with van der Waals surface area (Å²) in [5, 5.41) is 0. The highest BCUT2D eigenvalue weighted by Crippen LogP contribution is 2.39. The Bertz CT molecular complexity index is 855. The van der Waals surface area contributed by atoms with E-state index in [1.54, 1.807) is 12.1 Å². The number of anilines is 1. The molecule has 2 nitrogen and oxygen atoms in total. The average Bonchev–Trinajstić information content (AvgIpc) is 2.91. The predicted octanol–water partition coefficient (Wildman–Crippen LogP) is 5.01. The number of carbonyl (C=O) groups is 1. The van der Waals surface area contributed by atoms with Crippen LogP contribution in [0.15, 0.2) is 72.8 Å². The zero-order valence-corrected chi connectivity index (χ0v) is 14.7. The average molecular weight is 345 g/mol. The third-order valence-electron chi connectivity index (χ3n) is 4.98. The van der Waals surface area contributed by atoms with Gasteiger partial charge in [0, 0.05) is 5.69 Å². The summed E-state index contributed by atoms with van der Waals surface area (Å²) in [6, 6.07) is 22.7. The number of hydrogen-bond donors (Lipinski definition) is 0. The van der Waals surface area contributed by atoms with Crippen molar-refractivity contribution in [2.75, 3.05) is 4.90 Å². The Morgan fingerprint density at radius 3 is 2.27 bits per heavy atom. The van der Waals surface area contributed by atoms with Gasteiger partial charge in [-0.3, -0.25) is 4.79 Å². The van der Waals surface area contributed by atoms with Gasteiger partial charge < -0.3 is 4.90 Å². The fourth-order valence-electron chi connectivity index (χ4n) is 3.56. The molecule has 0 aliphatic carbocycles. The lowest BCUT2D eigenvalue weighted by atomic mass is 9.93. The van der Waals surface area contributed by atoms with Gasteiger partial charge in [0.05, 0.1) is 12.5 Å². The molecule has 0 bridgehead atoms. The van der Waals surface area contributed by atoms with Crippen LogP contribution in [-0.2, 0) is 17.8 Å². The van der Waals surface area contributed by atoms with Crippen LogP contribution in [0.5, 0.6) is 0 Å². The minimum atomic E-state index is -0.265. The molecular weight excluding hydrogens is 325 g/mol. The Labute approximate surface area is 152 Å². The summed E-state index contributed by atoms with van der Waals surface area (Å²) in [7, 11) is 0. The van der Waals surface area contributed by atoms with Gasteiger partial charge >= 0.3 is 0 Å². The van der Waals surface area contributed by atoms with Crippen molar-refractivity contribution in [2.24, 2.45) is 0 Å². The van der Waals surface area contributed by atoms with E-state index in [4.69, 9.17) is 0 Å². The summed E-state index contributed by atoms with van der Waals surface area (Å²) in [5.74, 6) is -0.329. The Kier molecular flexibility index (Phi) is 4.29. The molecule has 3 aromatic rings. The monoisotopic (exact) mass is 345 g/mol. The Morgan fingerprint density at radius 1 is 0.885 bits per heavy atom. The van der Waals surface area contributed by atoms with E-state index in [0.29, 0.717) is 13.0 Å². The largest absolute Gasteiger partial charge is 0.307 e. The number of benzene rings is 3. The van der Waals surface area contributed by atoms with Crippen LogP contribution in [0, 0.1) is 12.7 Å². The maximum atomic E-state index is 13.2. The molecule has 4 rings (SSSR count). The van der Waals surface area contributed by atoms with Crippen molar-refractivity contribution in [1.82, 2.24) is 0 Å². The fraction of sp³-hybridized carbons (Fsp3) is 0.174. The summed E-state index contributed by atoms with van der Waals surface area (Å²) >= 11 is 0. The van der Waals surface area contributed by atoms with Crippen LogP contribution in [0.4, 0.5) is 10.1 Å². The smallest absolute Gasteiger partial charge is 0.235 e. The van der Waals surface area contributed by atoms with E-state index in [2.05, 4.69) is 31.2 Å². The van der Waals surface area contributed by atoms with Crippen molar-refractivity contribution < 1.29 is 9.18 Å². The molecule has 0 N–H and O–H groups in total. The van der Waals surface area contributed by atoms with Gasteiger partial charge in [0.1, 0.15) is 5.82 Å². The van der Waals surface area contributed by atoms with Gasteiger partial charge in [0.2, 0.25) is 5.91 Å². The van der Waals surface area contributed by atoms with E-state index >= 15 is 0 Å². The van der Waals surface area contributed by atoms with Crippen LogP contribution in [0.1, 0.15) is 28.2 Å². The first kappa shape index (κ1) is 16.5. The number of carbonyl (C=O) groups excluding carboxylic acids is 1. The van der Waals surface area contributed by atoms with E-state index in [0.717, 1.165) is 22.4 Å². The summed E-state index contributed by atoms with van der Waals surface area (Å²) in [6.07, 6.45) is 0.691.